The first-order valence-corrected chi connectivity index (χ1v) is 7.02. The summed E-state index contributed by atoms with van der Waals surface area (Å²) in [6.45, 7) is 11.1. The standard InChI is InChI=1S/C15H25N3/c1-12(2)18-8-7-14(11-18)9-16-10-15-6-4-5-13(3)17-15/h4-6,12,14,16H,7-11H2,1-3H3. The van der Waals surface area contributed by atoms with E-state index in [1.54, 1.807) is 0 Å². The Kier molecular flexibility index (Phi) is 4.72. The first-order valence-electron chi connectivity index (χ1n) is 7.02. The molecule has 1 aliphatic heterocycles. The van der Waals surface area contributed by atoms with Gasteiger partial charge in [-0.1, -0.05) is 6.07 Å². The molecule has 0 aliphatic carbocycles. The van der Waals surface area contributed by atoms with Crippen LogP contribution in [0.1, 0.15) is 31.7 Å². The van der Waals surface area contributed by atoms with Crippen LogP contribution in [0, 0.1) is 12.8 Å². The minimum absolute atomic E-state index is 0.688. The van der Waals surface area contributed by atoms with Crippen molar-refractivity contribution in [3.8, 4) is 0 Å². The number of likely N-dealkylation sites (tertiary alicyclic amines) is 1. The van der Waals surface area contributed by atoms with Crippen LogP contribution in [0.15, 0.2) is 18.2 Å². The lowest BCUT2D eigenvalue weighted by molar-refractivity contribution is 0.264. The number of aryl methyl sites for hydroxylation is 1. The van der Waals surface area contributed by atoms with Crippen LogP contribution < -0.4 is 5.32 Å². The summed E-state index contributed by atoms with van der Waals surface area (Å²) in [5.74, 6) is 0.803. The third-order valence-corrected chi connectivity index (χ3v) is 3.73. The highest BCUT2D eigenvalue weighted by atomic mass is 15.2. The van der Waals surface area contributed by atoms with E-state index in [2.05, 4.69) is 41.2 Å². The summed E-state index contributed by atoms with van der Waals surface area (Å²) in [5.41, 5.74) is 2.25. The van der Waals surface area contributed by atoms with Gasteiger partial charge in [-0.25, -0.2) is 0 Å². The lowest BCUT2D eigenvalue weighted by atomic mass is 10.1. The monoisotopic (exact) mass is 247 g/mol. The van der Waals surface area contributed by atoms with Gasteiger partial charge in [-0.15, -0.1) is 0 Å². The molecule has 0 radical (unpaired) electrons. The summed E-state index contributed by atoms with van der Waals surface area (Å²) >= 11 is 0. The third-order valence-electron chi connectivity index (χ3n) is 3.73. The SMILES string of the molecule is Cc1cccc(CNCC2CCN(C(C)C)C2)n1. The van der Waals surface area contributed by atoms with Gasteiger partial charge in [0.1, 0.15) is 0 Å². The van der Waals surface area contributed by atoms with E-state index in [9.17, 15) is 0 Å². The van der Waals surface area contributed by atoms with E-state index in [1.807, 2.05) is 13.0 Å². The summed E-state index contributed by atoms with van der Waals surface area (Å²) in [5, 5.41) is 3.54. The zero-order valence-corrected chi connectivity index (χ0v) is 11.8. The predicted molar refractivity (Wildman–Crippen MR) is 75.5 cm³/mol. The Balaban J connectivity index is 1.70. The molecule has 3 nitrogen and oxygen atoms in total. The summed E-state index contributed by atoms with van der Waals surface area (Å²) in [4.78, 5) is 7.07. The van der Waals surface area contributed by atoms with Gasteiger partial charge in [-0.05, 0) is 58.3 Å². The third kappa shape index (κ3) is 3.79. The Bertz CT molecular complexity index is 376. The van der Waals surface area contributed by atoms with Crippen molar-refractivity contribution in [3.63, 3.8) is 0 Å². The maximum Gasteiger partial charge on any atom is 0.0544 e. The second kappa shape index (κ2) is 6.30. The van der Waals surface area contributed by atoms with Crippen molar-refractivity contribution in [2.75, 3.05) is 19.6 Å². The Labute approximate surface area is 111 Å². The zero-order chi connectivity index (χ0) is 13.0. The molecule has 0 amide bonds. The van der Waals surface area contributed by atoms with Gasteiger partial charge in [0.25, 0.3) is 0 Å². The number of pyridine rings is 1. The number of hydrogen-bond donors (Lipinski definition) is 1. The van der Waals surface area contributed by atoms with Crippen molar-refractivity contribution in [2.45, 2.75) is 39.8 Å². The molecule has 0 saturated carbocycles. The highest BCUT2D eigenvalue weighted by molar-refractivity contribution is 5.09. The maximum absolute atomic E-state index is 4.51. The molecule has 1 unspecified atom stereocenters. The quantitative estimate of drug-likeness (QED) is 0.864. The van der Waals surface area contributed by atoms with Crippen molar-refractivity contribution in [1.82, 2.24) is 15.2 Å². The molecule has 1 aromatic rings. The van der Waals surface area contributed by atoms with E-state index in [4.69, 9.17) is 0 Å². The normalized spacial score (nSPS) is 20.8. The minimum atomic E-state index is 0.688. The zero-order valence-electron chi connectivity index (χ0n) is 11.8. The molecule has 2 rings (SSSR count). The Morgan fingerprint density at radius 3 is 2.94 bits per heavy atom. The highest BCUT2D eigenvalue weighted by Gasteiger charge is 2.23. The van der Waals surface area contributed by atoms with Gasteiger partial charge in [-0.2, -0.15) is 0 Å². The van der Waals surface area contributed by atoms with Crippen LogP contribution in [0.5, 0.6) is 0 Å². The average molecular weight is 247 g/mol. The second-order valence-electron chi connectivity index (χ2n) is 5.64. The molecule has 0 bridgehead atoms. The van der Waals surface area contributed by atoms with Gasteiger partial charge in [-0.3, -0.25) is 4.98 Å². The van der Waals surface area contributed by atoms with Gasteiger partial charge in [0.05, 0.1) is 5.69 Å². The van der Waals surface area contributed by atoms with Crippen LogP contribution in [-0.2, 0) is 6.54 Å². The number of nitrogens with one attached hydrogen (secondary N) is 1. The topological polar surface area (TPSA) is 28.2 Å². The van der Waals surface area contributed by atoms with E-state index in [0.29, 0.717) is 6.04 Å². The van der Waals surface area contributed by atoms with Crippen LogP contribution >= 0.6 is 0 Å². The van der Waals surface area contributed by atoms with Gasteiger partial charge in [0, 0.05) is 24.8 Å². The van der Waals surface area contributed by atoms with Gasteiger partial charge in [0.15, 0.2) is 0 Å². The molecule has 1 aliphatic rings. The fraction of sp³-hybridized carbons (Fsp3) is 0.667. The lowest BCUT2D eigenvalue weighted by Crippen LogP contribution is -2.30. The van der Waals surface area contributed by atoms with Crippen molar-refractivity contribution >= 4 is 0 Å². The van der Waals surface area contributed by atoms with Crippen LogP contribution in [-0.4, -0.2) is 35.6 Å². The molecular formula is C15H25N3. The molecule has 1 atom stereocenters. The molecule has 2 heterocycles. The molecule has 3 heteroatoms. The van der Waals surface area contributed by atoms with Crippen LogP contribution in [0.3, 0.4) is 0 Å². The summed E-state index contributed by atoms with van der Waals surface area (Å²) in [6, 6.07) is 6.90. The first-order chi connectivity index (χ1) is 8.65. The first kappa shape index (κ1) is 13.5. The summed E-state index contributed by atoms with van der Waals surface area (Å²) in [7, 11) is 0. The molecule has 0 aromatic carbocycles. The van der Waals surface area contributed by atoms with Crippen LogP contribution in [0.2, 0.25) is 0 Å². The van der Waals surface area contributed by atoms with Gasteiger partial charge >= 0.3 is 0 Å². The largest absolute Gasteiger partial charge is 0.311 e. The average Bonchev–Trinajstić information content (AvgIpc) is 2.78. The van der Waals surface area contributed by atoms with Crippen molar-refractivity contribution < 1.29 is 0 Å². The molecule has 1 aromatic heterocycles. The van der Waals surface area contributed by atoms with Crippen molar-refractivity contribution in [1.29, 1.82) is 0 Å². The fourth-order valence-corrected chi connectivity index (χ4v) is 2.60. The highest BCUT2D eigenvalue weighted by Crippen LogP contribution is 2.17. The smallest absolute Gasteiger partial charge is 0.0544 e. The van der Waals surface area contributed by atoms with Crippen molar-refractivity contribution in [2.24, 2.45) is 5.92 Å². The number of aromatic nitrogens is 1. The fourth-order valence-electron chi connectivity index (χ4n) is 2.60. The molecule has 1 fully saturated rings. The Hall–Kier alpha value is -0.930. The Morgan fingerprint density at radius 1 is 1.44 bits per heavy atom. The van der Waals surface area contributed by atoms with Crippen LogP contribution in [0.25, 0.3) is 0 Å². The van der Waals surface area contributed by atoms with Gasteiger partial charge < -0.3 is 10.2 Å². The summed E-state index contributed by atoms with van der Waals surface area (Å²) in [6.07, 6.45) is 1.33. The van der Waals surface area contributed by atoms with E-state index in [1.165, 1.54) is 19.5 Å². The van der Waals surface area contributed by atoms with E-state index in [0.717, 1.165) is 30.4 Å². The predicted octanol–water partition coefficient (Wildman–Crippen LogP) is 2.21. The minimum Gasteiger partial charge on any atom is -0.311 e. The van der Waals surface area contributed by atoms with Crippen LogP contribution in [0.4, 0.5) is 0 Å². The number of nitrogens with zero attached hydrogens (tertiary/aromatic N) is 2. The van der Waals surface area contributed by atoms with Gasteiger partial charge in [0.2, 0.25) is 0 Å². The second-order valence-corrected chi connectivity index (χ2v) is 5.64. The molecule has 1 saturated heterocycles. The van der Waals surface area contributed by atoms with E-state index >= 15 is 0 Å². The van der Waals surface area contributed by atoms with E-state index in [-0.39, 0.29) is 0 Å². The molecule has 0 spiro atoms. The molecule has 1 N–H and O–H groups in total. The molecular weight excluding hydrogens is 222 g/mol. The molecule has 100 valence electrons. The Morgan fingerprint density at radius 2 is 2.28 bits per heavy atom. The lowest BCUT2D eigenvalue weighted by Gasteiger charge is -2.20. The number of hydrogen-bond acceptors (Lipinski definition) is 3. The van der Waals surface area contributed by atoms with Crippen molar-refractivity contribution in [3.05, 3.63) is 29.6 Å². The number of rotatable bonds is 5. The van der Waals surface area contributed by atoms with E-state index < -0.39 is 0 Å². The maximum atomic E-state index is 4.51. The summed E-state index contributed by atoms with van der Waals surface area (Å²) < 4.78 is 0. The molecule has 18 heavy (non-hydrogen) atoms.